The van der Waals surface area contributed by atoms with Crippen molar-refractivity contribution in [1.82, 2.24) is 15.7 Å². The summed E-state index contributed by atoms with van der Waals surface area (Å²) < 4.78 is 0. The first-order valence-electron chi connectivity index (χ1n) is 7.90. The second-order valence-electron chi connectivity index (χ2n) is 6.00. The lowest BCUT2D eigenvalue weighted by molar-refractivity contribution is 0.308. The topological polar surface area (TPSA) is 52.2 Å². The fraction of sp³-hybridized carbons (Fsp3) is 0.412. The Morgan fingerprint density at radius 1 is 1.32 bits per heavy atom. The maximum atomic E-state index is 5.33. The zero-order chi connectivity index (χ0) is 15.4. The van der Waals surface area contributed by atoms with Gasteiger partial charge in [-0.2, -0.15) is 5.10 Å². The monoisotopic (exact) mass is 314 g/mol. The number of benzene rings is 1. The third-order valence-electron chi connectivity index (χ3n) is 4.42. The minimum atomic E-state index is 0.469. The van der Waals surface area contributed by atoms with Gasteiger partial charge in [-0.15, -0.1) is 0 Å². The Labute approximate surface area is 136 Å². The molecule has 0 aliphatic heterocycles. The van der Waals surface area contributed by atoms with Gasteiger partial charge >= 0.3 is 0 Å². The molecule has 1 aliphatic carbocycles. The molecule has 0 spiro atoms. The van der Waals surface area contributed by atoms with Crippen LogP contribution in [0, 0.1) is 5.92 Å². The summed E-state index contributed by atoms with van der Waals surface area (Å²) in [5.41, 5.74) is 5.09. The molecular formula is C17H22N4S. The highest BCUT2D eigenvalue weighted by Crippen LogP contribution is 2.23. The minimum absolute atomic E-state index is 0.469. The fourth-order valence-corrected chi connectivity index (χ4v) is 3.30. The number of aromatic nitrogens is 1. The zero-order valence-electron chi connectivity index (χ0n) is 12.8. The van der Waals surface area contributed by atoms with Crippen LogP contribution in [0.3, 0.4) is 0 Å². The number of nitrogens with zero attached hydrogens (tertiary/aromatic N) is 1. The third kappa shape index (κ3) is 3.47. The molecule has 1 heterocycles. The van der Waals surface area contributed by atoms with Crippen LogP contribution in [-0.2, 0) is 0 Å². The number of thiocarbonyl (C=S) groups is 1. The summed E-state index contributed by atoms with van der Waals surface area (Å²) in [7, 11) is 0. The predicted molar refractivity (Wildman–Crippen MR) is 96.2 cm³/mol. The van der Waals surface area contributed by atoms with Gasteiger partial charge in [-0.3, -0.25) is 5.43 Å². The Bertz CT molecular complexity index is 676. The van der Waals surface area contributed by atoms with Crippen molar-refractivity contribution in [1.29, 1.82) is 0 Å². The second-order valence-corrected chi connectivity index (χ2v) is 6.41. The van der Waals surface area contributed by atoms with E-state index in [0.29, 0.717) is 17.1 Å². The zero-order valence-corrected chi connectivity index (χ0v) is 13.6. The molecule has 2 aromatic rings. The summed E-state index contributed by atoms with van der Waals surface area (Å²) in [4.78, 5) is 3.23. The van der Waals surface area contributed by atoms with E-state index in [0.717, 1.165) is 16.5 Å². The molecule has 1 aliphatic rings. The smallest absolute Gasteiger partial charge is 0.187 e. The van der Waals surface area contributed by atoms with E-state index in [1.807, 2.05) is 18.3 Å². The van der Waals surface area contributed by atoms with Crippen molar-refractivity contribution in [2.24, 2.45) is 11.0 Å². The lowest BCUT2D eigenvalue weighted by atomic mass is 9.86. The molecule has 1 fully saturated rings. The first kappa shape index (κ1) is 15.0. The van der Waals surface area contributed by atoms with E-state index in [2.05, 4.69) is 39.9 Å². The van der Waals surface area contributed by atoms with Gasteiger partial charge in [-0.1, -0.05) is 38.0 Å². The molecule has 3 rings (SSSR count). The Morgan fingerprint density at radius 2 is 2.14 bits per heavy atom. The van der Waals surface area contributed by atoms with Gasteiger partial charge < -0.3 is 10.3 Å². The van der Waals surface area contributed by atoms with Crippen LogP contribution in [0.1, 0.15) is 38.2 Å². The van der Waals surface area contributed by atoms with Crippen molar-refractivity contribution in [3.05, 3.63) is 36.0 Å². The van der Waals surface area contributed by atoms with Crippen LogP contribution in [0.25, 0.3) is 10.9 Å². The molecule has 0 bridgehead atoms. The van der Waals surface area contributed by atoms with Crippen LogP contribution in [0.4, 0.5) is 0 Å². The summed E-state index contributed by atoms with van der Waals surface area (Å²) in [6, 6.07) is 8.64. The van der Waals surface area contributed by atoms with Crippen LogP contribution in [-0.4, -0.2) is 22.4 Å². The molecule has 22 heavy (non-hydrogen) atoms. The Balaban J connectivity index is 1.56. The molecule has 1 aromatic heterocycles. The summed E-state index contributed by atoms with van der Waals surface area (Å²) in [6.07, 6.45) is 8.84. The number of rotatable bonds is 3. The van der Waals surface area contributed by atoms with Gasteiger partial charge in [0.1, 0.15) is 0 Å². The molecule has 0 amide bonds. The lowest BCUT2D eigenvalue weighted by Gasteiger charge is -2.30. The van der Waals surface area contributed by atoms with E-state index in [4.69, 9.17) is 12.2 Å². The molecule has 5 heteroatoms. The first-order valence-corrected chi connectivity index (χ1v) is 8.30. The van der Waals surface area contributed by atoms with Crippen molar-refractivity contribution in [3.63, 3.8) is 0 Å². The number of hydrogen-bond donors (Lipinski definition) is 3. The average Bonchev–Trinajstić information content (AvgIpc) is 2.93. The summed E-state index contributed by atoms with van der Waals surface area (Å²) in [6.45, 7) is 2.29. The van der Waals surface area contributed by atoms with Crippen molar-refractivity contribution < 1.29 is 0 Å². The van der Waals surface area contributed by atoms with Gasteiger partial charge in [-0.25, -0.2) is 0 Å². The molecule has 0 radical (unpaired) electrons. The second kappa shape index (κ2) is 6.92. The van der Waals surface area contributed by atoms with E-state index in [1.165, 1.54) is 25.7 Å². The molecule has 3 N–H and O–H groups in total. The van der Waals surface area contributed by atoms with Crippen molar-refractivity contribution in [2.45, 2.75) is 38.6 Å². The molecule has 2 atom stereocenters. The first-order chi connectivity index (χ1) is 10.7. The molecular weight excluding hydrogens is 292 g/mol. The highest BCUT2D eigenvalue weighted by molar-refractivity contribution is 7.80. The maximum absolute atomic E-state index is 5.33. The van der Waals surface area contributed by atoms with Gasteiger partial charge in [0.15, 0.2) is 5.11 Å². The minimum Gasteiger partial charge on any atom is -0.361 e. The predicted octanol–water partition coefficient (Wildman–Crippen LogP) is 3.54. The maximum Gasteiger partial charge on any atom is 0.187 e. The largest absolute Gasteiger partial charge is 0.361 e. The van der Waals surface area contributed by atoms with Crippen molar-refractivity contribution in [3.8, 4) is 0 Å². The highest BCUT2D eigenvalue weighted by Gasteiger charge is 2.21. The quantitative estimate of drug-likeness (QED) is 0.461. The van der Waals surface area contributed by atoms with Crippen LogP contribution in [0.5, 0.6) is 0 Å². The number of para-hydroxylation sites is 1. The standard InChI is InChI=1S/C17H22N4S/c1-12-6-2-4-8-15(12)20-17(22)21-19-11-13-10-18-16-9-5-3-7-14(13)16/h3,5,7,9-12,15,18H,2,4,6,8H2,1H3,(H2,20,21,22)/b19-11+/t12-,15+/m1/s1. The fourth-order valence-electron chi connectivity index (χ4n) is 3.09. The Morgan fingerprint density at radius 3 is 3.00 bits per heavy atom. The number of hydrogen-bond acceptors (Lipinski definition) is 2. The van der Waals surface area contributed by atoms with Crippen LogP contribution in [0.2, 0.25) is 0 Å². The van der Waals surface area contributed by atoms with Crippen LogP contribution >= 0.6 is 12.2 Å². The number of hydrazone groups is 1. The summed E-state index contributed by atoms with van der Waals surface area (Å²) in [5.74, 6) is 0.672. The van der Waals surface area contributed by atoms with Crippen LogP contribution < -0.4 is 10.7 Å². The molecule has 4 nitrogen and oxygen atoms in total. The summed E-state index contributed by atoms with van der Waals surface area (Å²) >= 11 is 5.33. The Hall–Kier alpha value is -1.88. The third-order valence-corrected chi connectivity index (χ3v) is 4.63. The normalized spacial score (nSPS) is 22.0. The van der Waals surface area contributed by atoms with Gasteiger partial charge in [-0.05, 0) is 37.0 Å². The molecule has 116 valence electrons. The Kier molecular flexibility index (Phi) is 4.73. The van der Waals surface area contributed by atoms with E-state index in [-0.39, 0.29) is 0 Å². The molecule has 0 saturated heterocycles. The van der Waals surface area contributed by atoms with Gasteiger partial charge in [0, 0.05) is 28.7 Å². The lowest BCUT2D eigenvalue weighted by Crippen LogP contribution is -2.44. The van der Waals surface area contributed by atoms with E-state index >= 15 is 0 Å². The van der Waals surface area contributed by atoms with Crippen LogP contribution in [0.15, 0.2) is 35.6 Å². The van der Waals surface area contributed by atoms with Crippen molar-refractivity contribution >= 4 is 34.4 Å². The number of fused-ring (bicyclic) bond motifs is 1. The molecule has 1 saturated carbocycles. The highest BCUT2D eigenvalue weighted by atomic mass is 32.1. The van der Waals surface area contributed by atoms with Gasteiger partial charge in [0.05, 0.1) is 6.21 Å². The van der Waals surface area contributed by atoms with Crippen molar-refractivity contribution in [2.75, 3.05) is 0 Å². The SMILES string of the molecule is C[C@@H]1CCCC[C@@H]1NC(=S)N/N=C/c1c[nH]c2ccccc12. The number of aromatic amines is 1. The number of nitrogens with one attached hydrogen (secondary N) is 3. The molecule has 0 unspecified atom stereocenters. The van der Waals surface area contributed by atoms with E-state index < -0.39 is 0 Å². The van der Waals surface area contributed by atoms with E-state index in [1.54, 1.807) is 6.21 Å². The number of H-pyrrole nitrogens is 1. The summed E-state index contributed by atoms with van der Waals surface area (Å²) in [5, 5.41) is 9.41. The molecule has 1 aromatic carbocycles. The van der Waals surface area contributed by atoms with Gasteiger partial charge in [0.25, 0.3) is 0 Å². The van der Waals surface area contributed by atoms with E-state index in [9.17, 15) is 0 Å². The van der Waals surface area contributed by atoms with Gasteiger partial charge in [0.2, 0.25) is 0 Å². The average molecular weight is 314 g/mol.